The number of rotatable bonds is 9. The van der Waals surface area contributed by atoms with Crippen molar-refractivity contribution in [2.75, 3.05) is 13.7 Å². The molecule has 1 aromatic heterocycles. The van der Waals surface area contributed by atoms with Crippen LogP contribution >= 0.6 is 23.4 Å². The van der Waals surface area contributed by atoms with E-state index in [9.17, 15) is 9.59 Å². The Morgan fingerprint density at radius 3 is 2.77 bits per heavy atom. The first-order valence-electron chi connectivity index (χ1n) is 10.3. The van der Waals surface area contributed by atoms with Gasteiger partial charge in [-0.25, -0.2) is 4.98 Å². The third kappa shape index (κ3) is 5.29. The number of aromatic nitrogens is 2. The zero-order valence-corrected chi connectivity index (χ0v) is 18.8. The van der Waals surface area contributed by atoms with Crippen molar-refractivity contribution in [3.05, 3.63) is 69.5 Å². The van der Waals surface area contributed by atoms with Crippen LogP contribution in [0.2, 0.25) is 5.02 Å². The molecule has 1 unspecified atom stereocenters. The number of thioether (sulfide) groups is 1. The first-order chi connectivity index (χ1) is 15.1. The number of methoxy groups -OCH3 is 1. The molecule has 1 atom stereocenters. The SMILES string of the molecule is COCCCn1c(SC(C(=O)NC2CC2)c2ccccc2)nc2cc(Cl)ccc2c1=O. The van der Waals surface area contributed by atoms with Gasteiger partial charge in [0.15, 0.2) is 5.16 Å². The Labute approximate surface area is 190 Å². The van der Waals surface area contributed by atoms with Crippen LogP contribution in [-0.4, -0.2) is 35.2 Å². The second-order valence-corrected chi connectivity index (χ2v) is 9.06. The molecule has 4 rings (SSSR count). The van der Waals surface area contributed by atoms with Crippen LogP contribution < -0.4 is 10.9 Å². The molecule has 162 valence electrons. The number of nitrogens with one attached hydrogen (secondary N) is 1. The van der Waals surface area contributed by atoms with Gasteiger partial charge in [-0.15, -0.1) is 0 Å². The first-order valence-corrected chi connectivity index (χ1v) is 11.5. The Bertz CT molecular complexity index is 1130. The highest BCUT2D eigenvalue weighted by molar-refractivity contribution is 8.00. The van der Waals surface area contributed by atoms with E-state index in [1.165, 1.54) is 11.8 Å². The Kier molecular flexibility index (Phi) is 6.95. The average molecular weight is 458 g/mol. The highest BCUT2D eigenvalue weighted by Gasteiger charge is 2.30. The first kappa shape index (κ1) is 21.9. The lowest BCUT2D eigenvalue weighted by atomic mass is 10.1. The minimum absolute atomic E-state index is 0.0671. The van der Waals surface area contributed by atoms with Crippen LogP contribution in [0.25, 0.3) is 10.9 Å². The highest BCUT2D eigenvalue weighted by atomic mass is 35.5. The molecule has 2 aromatic carbocycles. The molecule has 6 nitrogen and oxygen atoms in total. The third-order valence-corrected chi connectivity index (χ3v) is 6.58. The lowest BCUT2D eigenvalue weighted by molar-refractivity contribution is -0.120. The molecule has 1 saturated carbocycles. The molecular formula is C23H24ClN3O3S. The maximum Gasteiger partial charge on any atom is 0.262 e. The number of nitrogens with zero attached hydrogens (tertiary/aromatic N) is 2. The Morgan fingerprint density at radius 2 is 2.06 bits per heavy atom. The van der Waals surface area contributed by atoms with Gasteiger partial charge in [0.1, 0.15) is 5.25 Å². The molecule has 1 fully saturated rings. The van der Waals surface area contributed by atoms with E-state index >= 15 is 0 Å². The van der Waals surface area contributed by atoms with E-state index in [0.717, 1.165) is 18.4 Å². The number of halogens is 1. The maximum absolute atomic E-state index is 13.3. The van der Waals surface area contributed by atoms with Gasteiger partial charge < -0.3 is 10.1 Å². The molecule has 0 saturated heterocycles. The predicted octanol–water partition coefficient (Wildman–Crippen LogP) is 4.20. The molecule has 3 aromatic rings. The standard InChI is InChI=1S/C23H24ClN3O3S/c1-30-13-5-12-27-22(29)18-11-8-16(24)14-19(18)26-23(27)31-20(15-6-3-2-4-7-15)21(28)25-17-9-10-17/h2-4,6-8,11,14,17,20H,5,9-10,12-13H2,1H3,(H,25,28). The molecule has 1 amide bonds. The van der Waals surface area contributed by atoms with Gasteiger partial charge in [0.05, 0.1) is 10.9 Å². The summed E-state index contributed by atoms with van der Waals surface area (Å²) in [7, 11) is 1.63. The zero-order valence-electron chi connectivity index (χ0n) is 17.2. The maximum atomic E-state index is 13.3. The van der Waals surface area contributed by atoms with Crippen molar-refractivity contribution < 1.29 is 9.53 Å². The van der Waals surface area contributed by atoms with Crippen molar-refractivity contribution in [3.8, 4) is 0 Å². The van der Waals surface area contributed by atoms with Gasteiger partial charge >= 0.3 is 0 Å². The molecule has 31 heavy (non-hydrogen) atoms. The monoisotopic (exact) mass is 457 g/mol. The van der Waals surface area contributed by atoms with Crippen LogP contribution in [0.1, 0.15) is 30.1 Å². The van der Waals surface area contributed by atoms with E-state index in [-0.39, 0.29) is 17.5 Å². The lowest BCUT2D eigenvalue weighted by Crippen LogP contribution is -2.31. The third-order valence-electron chi connectivity index (χ3n) is 5.10. The zero-order chi connectivity index (χ0) is 21.8. The molecular weight excluding hydrogens is 434 g/mol. The van der Waals surface area contributed by atoms with Crippen molar-refractivity contribution in [3.63, 3.8) is 0 Å². The molecule has 0 bridgehead atoms. The summed E-state index contributed by atoms with van der Waals surface area (Å²) < 4.78 is 6.80. The molecule has 1 aliphatic carbocycles. The van der Waals surface area contributed by atoms with Gasteiger partial charge in [0.25, 0.3) is 5.56 Å². The van der Waals surface area contributed by atoms with E-state index in [1.807, 2.05) is 30.3 Å². The second-order valence-electron chi connectivity index (χ2n) is 7.55. The summed E-state index contributed by atoms with van der Waals surface area (Å²) in [4.78, 5) is 31.1. The number of ether oxygens (including phenoxy) is 1. The fourth-order valence-corrected chi connectivity index (χ4v) is 4.64. The van der Waals surface area contributed by atoms with Crippen LogP contribution in [0.15, 0.2) is 58.5 Å². The van der Waals surface area contributed by atoms with Gasteiger partial charge in [-0.05, 0) is 43.0 Å². The summed E-state index contributed by atoms with van der Waals surface area (Å²) >= 11 is 7.44. The quantitative estimate of drug-likeness (QED) is 0.296. The van der Waals surface area contributed by atoms with Crippen molar-refractivity contribution in [2.45, 2.75) is 42.3 Å². The summed E-state index contributed by atoms with van der Waals surface area (Å²) in [5, 5.41) is 4.09. The van der Waals surface area contributed by atoms with E-state index in [2.05, 4.69) is 5.32 Å². The summed E-state index contributed by atoms with van der Waals surface area (Å²) in [6.45, 7) is 0.978. The molecule has 0 aliphatic heterocycles. The summed E-state index contributed by atoms with van der Waals surface area (Å²) in [6.07, 6.45) is 2.67. The fraction of sp³-hybridized carbons (Fsp3) is 0.348. The molecule has 8 heteroatoms. The number of amides is 1. The van der Waals surface area contributed by atoms with Crippen LogP contribution in [0, 0.1) is 0 Å². The second kappa shape index (κ2) is 9.85. The van der Waals surface area contributed by atoms with Crippen LogP contribution in [0.5, 0.6) is 0 Å². The van der Waals surface area contributed by atoms with E-state index in [0.29, 0.717) is 40.7 Å². The summed E-state index contributed by atoms with van der Waals surface area (Å²) in [5.74, 6) is -0.0671. The van der Waals surface area contributed by atoms with Crippen molar-refractivity contribution in [1.82, 2.24) is 14.9 Å². The molecule has 1 N–H and O–H groups in total. The van der Waals surface area contributed by atoms with Gasteiger partial charge in [-0.3, -0.25) is 14.2 Å². The molecule has 1 aliphatic rings. The Hall–Kier alpha value is -2.35. The highest BCUT2D eigenvalue weighted by Crippen LogP contribution is 2.36. The molecule has 0 spiro atoms. The van der Waals surface area contributed by atoms with Crippen LogP contribution in [-0.2, 0) is 16.1 Å². The topological polar surface area (TPSA) is 73.2 Å². The van der Waals surface area contributed by atoms with E-state index < -0.39 is 5.25 Å². The molecule has 0 radical (unpaired) electrons. The lowest BCUT2D eigenvalue weighted by Gasteiger charge is -2.19. The van der Waals surface area contributed by atoms with Gasteiger partial charge in [0, 0.05) is 31.3 Å². The normalized spacial score (nSPS) is 14.5. The Balaban J connectivity index is 1.76. The van der Waals surface area contributed by atoms with Crippen molar-refractivity contribution >= 4 is 40.2 Å². The summed E-state index contributed by atoms with van der Waals surface area (Å²) in [6, 6.07) is 14.9. The Morgan fingerprint density at radius 1 is 1.29 bits per heavy atom. The number of hydrogen-bond donors (Lipinski definition) is 1. The van der Waals surface area contributed by atoms with Crippen LogP contribution in [0.4, 0.5) is 0 Å². The number of hydrogen-bond acceptors (Lipinski definition) is 5. The van der Waals surface area contributed by atoms with E-state index in [4.69, 9.17) is 21.3 Å². The van der Waals surface area contributed by atoms with Crippen LogP contribution in [0.3, 0.4) is 0 Å². The minimum atomic E-state index is -0.515. The number of benzene rings is 2. The number of carbonyl (C=O) groups excluding carboxylic acids is 1. The fourth-order valence-electron chi connectivity index (χ4n) is 3.34. The van der Waals surface area contributed by atoms with Gasteiger partial charge in [0.2, 0.25) is 5.91 Å². The van der Waals surface area contributed by atoms with Crippen molar-refractivity contribution in [2.24, 2.45) is 0 Å². The predicted molar refractivity (Wildman–Crippen MR) is 124 cm³/mol. The summed E-state index contributed by atoms with van der Waals surface area (Å²) in [5.41, 5.74) is 1.25. The van der Waals surface area contributed by atoms with Gasteiger partial charge in [-0.2, -0.15) is 0 Å². The average Bonchev–Trinajstić information content (AvgIpc) is 3.58. The van der Waals surface area contributed by atoms with Crippen molar-refractivity contribution in [1.29, 1.82) is 0 Å². The number of carbonyl (C=O) groups is 1. The number of fused-ring (bicyclic) bond motifs is 1. The largest absolute Gasteiger partial charge is 0.385 e. The van der Waals surface area contributed by atoms with E-state index in [1.54, 1.807) is 29.9 Å². The minimum Gasteiger partial charge on any atom is -0.385 e. The smallest absolute Gasteiger partial charge is 0.262 e. The van der Waals surface area contributed by atoms with Gasteiger partial charge in [-0.1, -0.05) is 53.7 Å². The molecule has 1 heterocycles.